The van der Waals surface area contributed by atoms with Gasteiger partial charge in [0.2, 0.25) is 0 Å². The lowest BCUT2D eigenvalue weighted by Crippen LogP contribution is -1.72. The number of hydrogen-bond acceptors (Lipinski definition) is 2. The molecule has 0 saturated carbocycles. The van der Waals surface area contributed by atoms with E-state index >= 15 is 0 Å². The first kappa shape index (κ1) is 13.4. The minimum absolute atomic E-state index is 0.180. The van der Waals surface area contributed by atoms with Crippen molar-refractivity contribution in [3.05, 3.63) is 58.6 Å². The van der Waals surface area contributed by atoms with Crippen LogP contribution in [-0.2, 0) is 0 Å². The molecule has 0 amide bonds. The van der Waals surface area contributed by atoms with Crippen LogP contribution in [0.15, 0.2) is 42.5 Å². The van der Waals surface area contributed by atoms with Gasteiger partial charge in [0, 0.05) is 0 Å². The number of rotatable bonds is 0. The van der Waals surface area contributed by atoms with Gasteiger partial charge >= 0.3 is 0 Å². The summed E-state index contributed by atoms with van der Waals surface area (Å²) < 4.78 is 0. The summed E-state index contributed by atoms with van der Waals surface area (Å²) in [5, 5.41) is 18.4. The van der Waals surface area contributed by atoms with E-state index < -0.39 is 0 Å². The van der Waals surface area contributed by atoms with E-state index in [1.54, 1.807) is 31.2 Å². The summed E-state index contributed by atoms with van der Waals surface area (Å²) in [6, 6.07) is 12.5. The van der Waals surface area contributed by atoms with Gasteiger partial charge in [0.15, 0.2) is 0 Å². The third kappa shape index (κ3) is 4.00. The molecule has 90 valence electrons. The first-order chi connectivity index (χ1) is 8.02. The van der Waals surface area contributed by atoms with Gasteiger partial charge in [-0.25, -0.2) is 0 Å². The van der Waals surface area contributed by atoms with Gasteiger partial charge in [-0.15, -0.1) is 0 Å². The number of phenols is 2. The maximum Gasteiger partial charge on any atom is 0.137 e. The molecule has 0 fully saturated rings. The van der Waals surface area contributed by atoms with Gasteiger partial charge in [0.05, 0.1) is 5.02 Å². The monoisotopic (exact) mass is 250 g/mol. The molecule has 3 heteroatoms. The largest absolute Gasteiger partial charge is 0.508 e. The Labute approximate surface area is 106 Å². The van der Waals surface area contributed by atoms with E-state index in [9.17, 15) is 0 Å². The van der Waals surface area contributed by atoms with Crippen LogP contribution < -0.4 is 0 Å². The number of aromatic hydroxyl groups is 2. The van der Waals surface area contributed by atoms with Crippen molar-refractivity contribution in [2.75, 3.05) is 0 Å². The Balaban J connectivity index is 0.000000171. The lowest BCUT2D eigenvalue weighted by Gasteiger charge is -1.97. The Morgan fingerprint density at radius 1 is 0.824 bits per heavy atom. The van der Waals surface area contributed by atoms with Gasteiger partial charge in [-0.3, -0.25) is 0 Å². The van der Waals surface area contributed by atoms with Gasteiger partial charge in [-0.2, -0.15) is 0 Å². The zero-order chi connectivity index (χ0) is 12.8. The van der Waals surface area contributed by atoms with Crippen molar-refractivity contribution in [2.24, 2.45) is 0 Å². The number of para-hydroxylation sites is 2. The van der Waals surface area contributed by atoms with Crippen LogP contribution in [0.4, 0.5) is 0 Å². The summed E-state index contributed by atoms with van der Waals surface area (Å²) in [5.41, 5.74) is 1.73. The van der Waals surface area contributed by atoms with E-state index in [1.807, 2.05) is 25.1 Å². The summed E-state index contributed by atoms with van der Waals surface area (Å²) in [6.07, 6.45) is 0. The van der Waals surface area contributed by atoms with Gasteiger partial charge < -0.3 is 10.2 Å². The van der Waals surface area contributed by atoms with Crippen molar-refractivity contribution < 1.29 is 10.2 Å². The van der Waals surface area contributed by atoms with Crippen LogP contribution in [0.25, 0.3) is 0 Å². The van der Waals surface area contributed by atoms with Gasteiger partial charge in [-0.1, -0.05) is 41.9 Å². The average Bonchev–Trinajstić information content (AvgIpc) is 2.31. The van der Waals surface area contributed by atoms with Crippen molar-refractivity contribution in [3.63, 3.8) is 0 Å². The molecule has 0 heterocycles. The van der Waals surface area contributed by atoms with E-state index in [2.05, 4.69) is 0 Å². The molecule has 2 nitrogen and oxygen atoms in total. The predicted octanol–water partition coefficient (Wildman–Crippen LogP) is 4.05. The first-order valence-corrected chi connectivity index (χ1v) is 5.59. The molecular weight excluding hydrogens is 236 g/mol. The van der Waals surface area contributed by atoms with E-state index in [0.29, 0.717) is 10.8 Å². The van der Waals surface area contributed by atoms with Crippen LogP contribution in [0.3, 0.4) is 0 Å². The molecule has 0 unspecified atom stereocenters. The molecule has 2 N–H and O–H groups in total. The van der Waals surface area contributed by atoms with E-state index in [-0.39, 0.29) is 5.75 Å². The van der Waals surface area contributed by atoms with Crippen molar-refractivity contribution in [2.45, 2.75) is 13.8 Å². The molecule has 17 heavy (non-hydrogen) atoms. The number of hydrogen-bond donors (Lipinski definition) is 2. The number of benzene rings is 2. The highest BCUT2D eigenvalue weighted by Gasteiger charge is 1.97. The van der Waals surface area contributed by atoms with Crippen LogP contribution in [0.5, 0.6) is 11.5 Å². The van der Waals surface area contributed by atoms with Gasteiger partial charge in [0.25, 0.3) is 0 Å². The second kappa shape index (κ2) is 6.16. The quantitative estimate of drug-likeness (QED) is 0.740. The number of aryl methyl sites for hydroxylation is 2. The van der Waals surface area contributed by atoms with Crippen LogP contribution in [0.1, 0.15) is 11.1 Å². The molecule has 0 aromatic heterocycles. The predicted molar refractivity (Wildman–Crippen MR) is 70.7 cm³/mol. The summed E-state index contributed by atoms with van der Waals surface area (Å²) in [6.45, 7) is 3.68. The molecule has 0 aliphatic rings. The Bertz CT molecular complexity index is 454. The number of halogens is 1. The molecule has 0 radical (unpaired) electrons. The maximum absolute atomic E-state index is 9.07. The Hall–Kier alpha value is -1.67. The zero-order valence-corrected chi connectivity index (χ0v) is 10.6. The van der Waals surface area contributed by atoms with Crippen molar-refractivity contribution in [1.29, 1.82) is 0 Å². The summed E-state index contributed by atoms with van der Waals surface area (Å²) in [7, 11) is 0. The minimum atomic E-state index is 0.180. The summed E-state index contributed by atoms with van der Waals surface area (Å²) in [4.78, 5) is 0. The molecule has 0 spiro atoms. The highest BCUT2D eigenvalue weighted by atomic mass is 35.5. The molecule has 0 aliphatic heterocycles. The Morgan fingerprint density at radius 2 is 1.41 bits per heavy atom. The third-order valence-electron chi connectivity index (χ3n) is 2.30. The first-order valence-electron chi connectivity index (χ1n) is 5.21. The van der Waals surface area contributed by atoms with Gasteiger partial charge in [-0.05, 0) is 37.1 Å². The fourth-order valence-corrected chi connectivity index (χ4v) is 1.41. The molecule has 2 rings (SSSR count). The van der Waals surface area contributed by atoms with E-state index in [0.717, 1.165) is 11.1 Å². The van der Waals surface area contributed by atoms with Crippen molar-refractivity contribution >= 4 is 11.6 Å². The molecule has 2 aromatic carbocycles. The lowest BCUT2D eigenvalue weighted by atomic mass is 10.2. The molecule has 0 bridgehead atoms. The van der Waals surface area contributed by atoms with E-state index in [1.165, 1.54) is 0 Å². The van der Waals surface area contributed by atoms with Crippen molar-refractivity contribution in [3.8, 4) is 11.5 Å². The molecular formula is C14H15ClO2. The van der Waals surface area contributed by atoms with Crippen LogP contribution in [-0.4, -0.2) is 10.2 Å². The van der Waals surface area contributed by atoms with Crippen LogP contribution in [0.2, 0.25) is 5.02 Å². The third-order valence-corrected chi connectivity index (χ3v) is 2.61. The average molecular weight is 251 g/mol. The molecule has 2 aromatic rings. The van der Waals surface area contributed by atoms with Gasteiger partial charge in [0.1, 0.15) is 11.5 Å². The standard InChI is InChI=1S/C7H7ClO.C7H8O/c1-5-3-2-4-6(8)7(5)9;1-6-4-2-3-5-7(6)8/h2-4,9H,1H3;2-5,8H,1H3. The normalized spacial score (nSPS) is 9.35. The molecule has 0 saturated heterocycles. The van der Waals surface area contributed by atoms with Crippen molar-refractivity contribution in [1.82, 2.24) is 0 Å². The topological polar surface area (TPSA) is 40.5 Å². The lowest BCUT2D eigenvalue weighted by molar-refractivity contribution is 0.471. The summed E-state index contributed by atoms with van der Waals surface area (Å²) in [5.74, 6) is 0.548. The fraction of sp³-hybridized carbons (Fsp3) is 0.143. The van der Waals surface area contributed by atoms with E-state index in [4.69, 9.17) is 21.8 Å². The SMILES string of the molecule is Cc1cccc(Cl)c1O.Cc1ccccc1O. The Morgan fingerprint density at radius 3 is 1.82 bits per heavy atom. The maximum atomic E-state index is 9.07. The fourth-order valence-electron chi connectivity index (χ4n) is 1.19. The highest BCUT2D eigenvalue weighted by molar-refractivity contribution is 6.32. The smallest absolute Gasteiger partial charge is 0.137 e. The second-order valence-electron chi connectivity index (χ2n) is 3.69. The highest BCUT2D eigenvalue weighted by Crippen LogP contribution is 2.25. The second-order valence-corrected chi connectivity index (χ2v) is 4.10. The summed E-state index contributed by atoms with van der Waals surface area (Å²) >= 11 is 5.56. The van der Waals surface area contributed by atoms with Crippen LogP contribution >= 0.6 is 11.6 Å². The molecule has 0 aliphatic carbocycles. The molecule has 0 atom stereocenters. The number of phenolic OH excluding ortho intramolecular Hbond substituents is 2. The Kier molecular flexibility index (Phi) is 4.85. The van der Waals surface area contributed by atoms with Crippen LogP contribution in [0, 0.1) is 13.8 Å². The minimum Gasteiger partial charge on any atom is -0.508 e. The zero-order valence-electron chi connectivity index (χ0n) is 9.81.